The summed E-state index contributed by atoms with van der Waals surface area (Å²) in [5.74, 6) is -1.13. The van der Waals surface area contributed by atoms with Crippen LogP contribution < -0.4 is 0 Å². The molecule has 0 radical (unpaired) electrons. The number of amides is 3. The molecule has 2 bridgehead atoms. The van der Waals surface area contributed by atoms with Crippen LogP contribution in [0.1, 0.15) is 60.8 Å². The number of likely N-dealkylation sites (tertiary alicyclic amines) is 1. The molecular weight excluding hydrogens is 486 g/mol. The van der Waals surface area contributed by atoms with Crippen LogP contribution in [0.25, 0.3) is 0 Å². The molecule has 8 heteroatoms. The number of fused-ring (bicyclic) bond motifs is 1. The second kappa shape index (κ2) is 10.8. The Morgan fingerprint density at radius 2 is 1.78 bits per heavy atom. The highest BCUT2D eigenvalue weighted by Gasteiger charge is 2.76. The zero-order valence-corrected chi connectivity index (χ0v) is 24.6. The molecule has 208 valence electrons. The lowest BCUT2D eigenvalue weighted by Crippen LogP contribution is -2.61. The van der Waals surface area contributed by atoms with Crippen molar-refractivity contribution >= 4 is 29.5 Å². The molecule has 0 aliphatic carbocycles. The molecule has 7 nitrogen and oxygen atoms in total. The Bertz CT molecular complexity index is 929. The number of nitrogens with zero attached hydrogens (tertiary/aromatic N) is 3. The van der Waals surface area contributed by atoms with E-state index in [4.69, 9.17) is 0 Å². The molecule has 3 unspecified atom stereocenters. The van der Waals surface area contributed by atoms with E-state index < -0.39 is 28.2 Å². The topological polar surface area (TPSA) is 81.2 Å². The largest absolute Gasteiger partial charge is 0.396 e. The lowest BCUT2D eigenvalue weighted by atomic mass is 9.65. The number of carbonyl (C=O) groups excluding carboxylic acids is 3. The zero-order valence-electron chi connectivity index (χ0n) is 23.8. The van der Waals surface area contributed by atoms with E-state index in [0.717, 1.165) is 12.8 Å². The fourth-order valence-corrected chi connectivity index (χ4v) is 9.81. The van der Waals surface area contributed by atoms with Gasteiger partial charge in [0, 0.05) is 44.1 Å². The Labute approximate surface area is 227 Å². The molecule has 6 atom stereocenters. The lowest BCUT2D eigenvalue weighted by Gasteiger charge is -2.47. The van der Waals surface area contributed by atoms with E-state index in [-0.39, 0.29) is 40.9 Å². The van der Waals surface area contributed by atoms with Crippen LogP contribution >= 0.6 is 11.8 Å². The monoisotopic (exact) mass is 533 g/mol. The van der Waals surface area contributed by atoms with Crippen LogP contribution in [0.3, 0.4) is 0 Å². The van der Waals surface area contributed by atoms with Crippen molar-refractivity contribution in [1.82, 2.24) is 14.7 Å². The Morgan fingerprint density at radius 1 is 1.16 bits per heavy atom. The van der Waals surface area contributed by atoms with Gasteiger partial charge in [0.05, 0.1) is 16.6 Å². The first-order valence-corrected chi connectivity index (χ1v) is 14.4. The number of carbonyl (C=O) groups is 3. The van der Waals surface area contributed by atoms with Gasteiger partial charge in [-0.15, -0.1) is 24.9 Å². The van der Waals surface area contributed by atoms with Crippen LogP contribution in [0.15, 0.2) is 25.3 Å². The zero-order chi connectivity index (χ0) is 27.9. The molecule has 0 aromatic rings. The summed E-state index contributed by atoms with van der Waals surface area (Å²) in [5, 5.41) is 9.63. The smallest absolute Gasteiger partial charge is 0.247 e. The van der Waals surface area contributed by atoms with Crippen LogP contribution in [0, 0.1) is 23.2 Å². The number of likely N-dealkylation sites (N-methyl/N-ethyl adjacent to an activating group) is 1. The van der Waals surface area contributed by atoms with Gasteiger partial charge >= 0.3 is 0 Å². The molecule has 3 fully saturated rings. The van der Waals surface area contributed by atoms with Gasteiger partial charge in [0.1, 0.15) is 6.04 Å². The maximum Gasteiger partial charge on any atom is 0.247 e. The molecule has 3 aliphatic rings. The number of hydrogen-bond donors (Lipinski definition) is 1. The Morgan fingerprint density at radius 3 is 2.32 bits per heavy atom. The fourth-order valence-electron chi connectivity index (χ4n) is 7.41. The van der Waals surface area contributed by atoms with Crippen LogP contribution in [0.4, 0.5) is 0 Å². The predicted octanol–water partition coefficient (Wildman–Crippen LogP) is 3.58. The molecule has 37 heavy (non-hydrogen) atoms. The number of rotatable bonds is 11. The summed E-state index contributed by atoms with van der Waals surface area (Å²) in [6.07, 6.45) is 5.43. The summed E-state index contributed by atoms with van der Waals surface area (Å²) >= 11 is 1.69. The van der Waals surface area contributed by atoms with Crippen molar-refractivity contribution in [1.29, 1.82) is 0 Å². The van der Waals surface area contributed by atoms with Gasteiger partial charge < -0.3 is 19.8 Å². The van der Waals surface area contributed by atoms with Gasteiger partial charge in [0.2, 0.25) is 17.7 Å². The molecule has 0 saturated carbocycles. The van der Waals surface area contributed by atoms with Gasteiger partial charge in [-0.1, -0.05) is 39.8 Å². The third kappa shape index (κ3) is 5.12. The molecule has 3 amide bonds. The molecule has 3 aliphatic heterocycles. The number of hydrogen-bond acceptors (Lipinski definition) is 5. The highest BCUT2D eigenvalue weighted by Crippen LogP contribution is 2.69. The van der Waals surface area contributed by atoms with Crippen molar-refractivity contribution in [3.05, 3.63) is 25.3 Å². The minimum atomic E-state index is -0.678. The number of aliphatic hydroxyl groups is 1. The summed E-state index contributed by atoms with van der Waals surface area (Å²) < 4.78 is -0.666. The van der Waals surface area contributed by atoms with Crippen molar-refractivity contribution in [3.63, 3.8) is 0 Å². The van der Waals surface area contributed by atoms with E-state index >= 15 is 0 Å². The maximum absolute atomic E-state index is 14.7. The highest BCUT2D eigenvalue weighted by atomic mass is 32.2. The Kier molecular flexibility index (Phi) is 8.65. The fraction of sp³-hybridized carbons (Fsp3) is 0.759. The average Bonchev–Trinajstić information content (AvgIpc) is 3.37. The minimum Gasteiger partial charge on any atom is -0.396 e. The van der Waals surface area contributed by atoms with Crippen molar-refractivity contribution in [2.45, 2.75) is 82.4 Å². The van der Waals surface area contributed by atoms with Gasteiger partial charge in [-0.2, -0.15) is 0 Å². The normalized spacial score (nSPS) is 30.9. The molecule has 0 aromatic carbocycles. The van der Waals surface area contributed by atoms with E-state index in [9.17, 15) is 19.5 Å². The van der Waals surface area contributed by atoms with E-state index in [0.29, 0.717) is 26.1 Å². The third-order valence-electron chi connectivity index (χ3n) is 8.37. The first-order chi connectivity index (χ1) is 17.2. The molecule has 1 N–H and O–H groups in total. The van der Waals surface area contributed by atoms with Gasteiger partial charge in [-0.3, -0.25) is 14.4 Å². The SMILES string of the molecule is C=CCN(C)C(=O)[C@@H]1[C@H]2C(=O)N(CCCO)C(C(=O)N(CC=C)C(C)(C)CC(C)(C)C)C23S[C@@H]1CC3C. The van der Waals surface area contributed by atoms with Gasteiger partial charge in [-0.05, 0) is 44.4 Å². The van der Waals surface area contributed by atoms with Crippen LogP contribution in [0.5, 0.6) is 0 Å². The first kappa shape index (κ1) is 29.8. The standard InChI is InChI=1S/C29H47N3O4S/c1-10-13-30(9)24(34)21-20-17-19(3)29(37-20)22(21)25(35)31(15-12-16-33)23(29)26(36)32(14-11-2)28(7,8)18-27(4,5)6/h10-11,19-23,33H,1-2,12-18H2,3-9H3/t19?,20-,21+,22+,23?,29?/m1/s1. The predicted molar refractivity (Wildman–Crippen MR) is 150 cm³/mol. The Hall–Kier alpha value is -1.80. The summed E-state index contributed by atoms with van der Waals surface area (Å²) in [5.41, 5.74) is -0.471. The lowest BCUT2D eigenvalue weighted by molar-refractivity contribution is -0.147. The van der Waals surface area contributed by atoms with Crippen molar-refractivity contribution < 1.29 is 19.5 Å². The first-order valence-electron chi connectivity index (χ1n) is 13.5. The van der Waals surface area contributed by atoms with Crippen LogP contribution in [-0.2, 0) is 14.4 Å². The molecule has 3 saturated heterocycles. The summed E-state index contributed by atoms with van der Waals surface area (Å²) in [6, 6.07) is -0.678. The van der Waals surface area contributed by atoms with Gasteiger partial charge in [0.15, 0.2) is 0 Å². The summed E-state index contributed by atoms with van der Waals surface area (Å²) in [4.78, 5) is 47.7. The van der Waals surface area contributed by atoms with E-state index in [1.165, 1.54) is 0 Å². The summed E-state index contributed by atoms with van der Waals surface area (Å²) in [6.45, 7) is 21.5. The second-order valence-corrected chi connectivity index (χ2v) is 14.5. The number of aliphatic hydroxyl groups excluding tert-OH is 1. The number of thioether (sulfide) groups is 1. The second-order valence-electron chi connectivity index (χ2n) is 13.0. The van der Waals surface area contributed by atoms with Crippen molar-refractivity contribution in [2.75, 3.05) is 33.3 Å². The molecule has 3 heterocycles. The maximum atomic E-state index is 14.7. The van der Waals surface area contributed by atoms with Crippen LogP contribution in [-0.4, -0.2) is 92.4 Å². The quantitative estimate of drug-likeness (QED) is 0.411. The highest BCUT2D eigenvalue weighted by molar-refractivity contribution is 8.02. The van der Waals surface area contributed by atoms with Crippen LogP contribution in [0.2, 0.25) is 0 Å². The minimum absolute atomic E-state index is 0.00675. The van der Waals surface area contributed by atoms with Crippen molar-refractivity contribution in [2.24, 2.45) is 23.2 Å². The molecule has 1 spiro atoms. The Balaban J connectivity index is 2.11. The molecular formula is C29H47N3O4S. The summed E-state index contributed by atoms with van der Waals surface area (Å²) in [7, 11) is 1.75. The van der Waals surface area contributed by atoms with E-state index in [1.54, 1.807) is 40.8 Å². The molecule has 0 aromatic heterocycles. The molecule has 3 rings (SSSR count). The average molecular weight is 534 g/mol. The third-order valence-corrected chi connectivity index (χ3v) is 10.4. The van der Waals surface area contributed by atoms with Crippen molar-refractivity contribution in [3.8, 4) is 0 Å². The van der Waals surface area contributed by atoms with Gasteiger partial charge in [0.25, 0.3) is 0 Å². The van der Waals surface area contributed by atoms with E-state index in [2.05, 4.69) is 54.7 Å². The van der Waals surface area contributed by atoms with E-state index in [1.807, 2.05) is 4.90 Å². The van der Waals surface area contributed by atoms with Gasteiger partial charge in [-0.25, -0.2) is 0 Å².